The van der Waals surface area contributed by atoms with E-state index in [0.29, 0.717) is 37.7 Å². The molecule has 9 aliphatic rings. The first kappa shape index (κ1) is 67.2. The summed E-state index contributed by atoms with van der Waals surface area (Å²) < 4.78 is 60.5. The van der Waals surface area contributed by atoms with Crippen LogP contribution in [0, 0.1) is 50.2 Å². The lowest BCUT2D eigenvalue weighted by Gasteiger charge is -2.72. The molecule has 4 aliphatic heterocycles. The summed E-state index contributed by atoms with van der Waals surface area (Å²) in [4.78, 5) is 53.8. The van der Waals surface area contributed by atoms with Crippen molar-refractivity contribution in [3.05, 3.63) is 23.3 Å². The zero-order valence-corrected chi connectivity index (χ0v) is 50.0. The third kappa shape index (κ3) is 10.9. The third-order valence-corrected chi connectivity index (χ3v) is 22.2. The fraction of sp³-hybridized carbons (Fsp3) is 0.864. The topological polar surface area (TPSA) is 424 Å². The van der Waals surface area contributed by atoms with Crippen LogP contribution in [0.25, 0.3) is 0 Å². The van der Waals surface area contributed by atoms with Gasteiger partial charge in [0.25, 0.3) is 0 Å². The number of esters is 2. The van der Waals surface area contributed by atoms with Crippen molar-refractivity contribution in [2.24, 2.45) is 50.2 Å². The van der Waals surface area contributed by atoms with Crippen LogP contribution in [-0.2, 0) is 66.5 Å². The van der Waals surface area contributed by atoms with E-state index in [4.69, 9.17) is 47.4 Å². The lowest BCUT2D eigenvalue weighted by molar-refractivity contribution is -0.398. The maximum Gasteiger partial charge on any atom is 0.335 e. The summed E-state index contributed by atoms with van der Waals surface area (Å²) in [5.41, 5.74) is -4.42. The van der Waals surface area contributed by atoms with E-state index in [-0.39, 0.29) is 18.8 Å². The Morgan fingerprint density at radius 2 is 1.29 bits per heavy atom. The molecule has 27 heteroatoms. The highest BCUT2D eigenvalue weighted by Gasteiger charge is 2.74. The number of carbonyl (C=O) groups is 4. The molecule has 0 aromatic rings. The van der Waals surface area contributed by atoms with E-state index in [0.717, 1.165) is 11.9 Å². The van der Waals surface area contributed by atoms with E-state index in [9.17, 15) is 85.6 Å². The number of hydrogen-bond acceptors (Lipinski definition) is 26. The number of aliphatic hydroxyl groups is 12. The molecule has 0 bridgehead atoms. The molecular formula is C59H90O27. The second-order valence-electron chi connectivity index (χ2n) is 27.3. The van der Waals surface area contributed by atoms with Crippen molar-refractivity contribution in [2.75, 3.05) is 26.4 Å². The van der Waals surface area contributed by atoms with Crippen molar-refractivity contribution >= 4 is 24.2 Å². The van der Waals surface area contributed by atoms with Crippen LogP contribution in [0.4, 0.5) is 0 Å². The number of allylic oxidation sites excluding steroid dienone is 3. The van der Waals surface area contributed by atoms with Gasteiger partial charge in [0.1, 0.15) is 97.8 Å². The molecule has 5 aliphatic carbocycles. The first-order chi connectivity index (χ1) is 40.3. The Morgan fingerprint density at radius 3 is 1.91 bits per heavy atom. The van der Waals surface area contributed by atoms with Gasteiger partial charge in [-0.1, -0.05) is 59.3 Å². The number of ether oxygens (including phenoxy) is 10. The van der Waals surface area contributed by atoms with E-state index in [2.05, 4.69) is 26.8 Å². The Bertz CT molecular complexity index is 2550. The van der Waals surface area contributed by atoms with Crippen molar-refractivity contribution in [3.63, 3.8) is 0 Å². The van der Waals surface area contributed by atoms with E-state index < -0.39 is 224 Å². The number of aldehydes is 1. The van der Waals surface area contributed by atoms with Gasteiger partial charge in [-0.15, -0.1) is 0 Å². The van der Waals surface area contributed by atoms with Gasteiger partial charge in [-0.05, 0) is 92.8 Å². The molecule has 4 saturated heterocycles. The molecule has 13 N–H and O–H groups in total. The van der Waals surface area contributed by atoms with Gasteiger partial charge in [0.15, 0.2) is 31.3 Å². The van der Waals surface area contributed by atoms with Crippen molar-refractivity contribution in [2.45, 2.75) is 242 Å². The minimum atomic E-state index is -2.28. The standard InChI is InChI=1S/C59H90O27/c1-10-24(2)49(76)86-46-47(79-25(3)63)59(23-62)27(17-54(46,4)5)26-11-12-32-55(6)15-14-34(56(7,22-61)31(55)13-16-57(32,8)58(26,9)18-33(59)66)81-53-45(85-51-40(72)38(70)37(69)30(19-60)80-51)42(41(73)43(83-53)48(74)75)82-52-44(36(68)29(65)21-78-52)84-50-39(71)35(67)28(64)20-77-50/h10-11,22,27-47,50-53,60,62,64-73H,12-21,23H2,1-9H3,(H,74,75)/b24-10-/t27-,28+,29-,30+,31?,32+,33+,34-,35-,36-,37-,38-,39+,40+,41-,42-,43-,44+,45+,46-,47-,50-,51-,52-,53+,55-,56-,57+,58+,59-/m0/s1. The average Bonchev–Trinajstić information content (AvgIpc) is 0.672. The molecule has 0 radical (unpaired) electrons. The summed E-state index contributed by atoms with van der Waals surface area (Å²) in [5, 5.41) is 144. The lowest BCUT2D eigenvalue weighted by Crippen LogP contribution is -2.72. The maximum absolute atomic E-state index is 14.2. The van der Waals surface area contributed by atoms with Crippen molar-refractivity contribution < 1.29 is 133 Å². The van der Waals surface area contributed by atoms with Crippen molar-refractivity contribution in [1.29, 1.82) is 0 Å². The maximum atomic E-state index is 14.2. The first-order valence-electron chi connectivity index (χ1n) is 29.9. The Labute approximate surface area is 498 Å². The molecule has 86 heavy (non-hydrogen) atoms. The number of carboxylic acids is 1. The number of aliphatic carboxylic acids is 1. The van der Waals surface area contributed by atoms with Gasteiger partial charge < -0.3 is 119 Å². The van der Waals surface area contributed by atoms with Crippen LogP contribution in [0.2, 0.25) is 0 Å². The monoisotopic (exact) mass is 1230 g/mol. The van der Waals surface area contributed by atoms with Crippen LogP contribution >= 0.6 is 0 Å². The fourth-order valence-electron chi connectivity index (χ4n) is 17.0. The molecule has 27 nitrogen and oxygen atoms in total. The molecule has 0 amide bonds. The van der Waals surface area contributed by atoms with E-state index in [1.54, 1.807) is 26.8 Å². The lowest BCUT2D eigenvalue weighted by atomic mass is 9.33. The van der Waals surface area contributed by atoms with Crippen LogP contribution in [0.5, 0.6) is 0 Å². The van der Waals surface area contributed by atoms with Gasteiger partial charge >= 0.3 is 17.9 Å². The van der Waals surface area contributed by atoms with Gasteiger partial charge in [-0.2, -0.15) is 0 Å². The predicted octanol–water partition coefficient (Wildman–Crippen LogP) is -2.01. The van der Waals surface area contributed by atoms with Gasteiger partial charge in [0, 0.05) is 17.9 Å². The second kappa shape index (κ2) is 24.8. The third-order valence-electron chi connectivity index (χ3n) is 22.2. The number of carbonyl (C=O) groups excluding carboxylic acids is 3. The Balaban J connectivity index is 1.05. The number of carboxylic acid groups (broad SMARTS) is 1. The summed E-state index contributed by atoms with van der Waals surface area (Å²) in [6.45, 7) is 13.8. The van der Waals surface area contributed by atoms with E-state index in [1.807, 2.05) is 13.8 Å². The molecular weight excluding hydrogens is 1140 g/mol. The molecule has 0 spiro atoms. The molecule has 4 heterocycles. The molecule has 9 rings (SSSR count). The van der Waals surface area contributed by atoms with Crippen LogP contribution in [0.15, 0.2) is 23.3 Å². The summed E-state index contributed by atoms with van der Waals surface area (Å²) in [5.74, 6) is -4.24. The van der Waals surface area contributed by atoms with Gasteiger partial charge in [0.05, 0.1) is 49.5 Å². The Kier molecular flexibility index (Phi) is 19.3. The Hall–Kier alpha value is -3.24. The van der Waals surface area contributed by atoms with Gasteiger partial charge in [0.2, 0.25) is 0 Å². The summed E-state index contributed by atoms with van der Waals surface area (Å²) >= 11 is 0. The van der Waals surface area contributed by atoms with Crippen molar-refractivity contribution in [3.8, 4) is 0 Å². The number of fused-ring (bicyclic) bond motifs is 7. The van der Waals surface area contributed by atoms with Crippen LogP contribution in [0.3, 0.4) is 0 Å². The van der Waals surface area contributed by atoms with Gasteiger partial charge in [-0.25, -0.2) is 9.59 Å². The average molecular weight is 1230 g/mol. The summed E-state index contributed by atoms with van der Waals surface area (Å²) in [6, 6.07) is 0. The van der Waals surface area contributed by atoms with Crippen LogP contribution in [0.1, 0.15) is 107 Å². The molecule has 0 aromatic heterocycles. The van der Waals surface area contributed by atoms with Crippen LogP contribution in [-0.4, -0.2) is 252 Å². The zero-order chi connectivity index (χ0) is 63.3. The Morgan fingerprint density at radius 1 is 0.663 bits per heavy atom. The molecule has 8 fully saturated rings. The minimum Gasteiger partial charge on any atom is -0.479 e. The second-order valence-corrected chi connectivity index (χ2v) is 27.3. The zero-order valence-electron chi connectivity index (χ0n) is 50.0. The smallest absolute Gasteiger partial charge is 0.335 e. The first-order valence-corrected chi connectivity index (χ1v) is 29.9. The van der Waals surface area contributed by atoms with Gasteiger partial charge in [-0.3, -0.25) is 4.79 Å². The quantitative estimate of drug-likeness (QED) is 0.0277. The SMILES string of the molecule is C/C=C(/C)C(=O)O[C@H]1[C@H](OC(C)=O)[C@]2(CO)[C@H](O)C[C@]3(C)C(=CC[C@@H]4[C@@]5(C)CC[C@H](O[C@@H]6O[C@H](C(=O)O)[C@@H](O)[C@H](O[C@@H]7OC[C@H](O)[C@H](O)[C@H]7O[C@@H]7OC[C@@H](O)[C@H](O)[C@H]7O)[C@H]6O[C@@H]6O[C@H](CO)[C@H](O)[C@H](O)[C@H]6O)[C@@](C)(C=O)C5CC[C@]43C)[C@@H]2CC1(C)C. The molecule has 4 saturated carbocycles. The molecule has 488 valence electrons. The van der Waals surface area contributed by atoms with Crippen LogP contribution < -0.4 is 0 Å². The van der Waals surface area contributed by atoms with E-state index >= 15 is 0 Å². The number of rotatable bonds is 15. The highest BCUT2D eigenvalue weighted by atomic mass is 16.8. The molecule has 1 unspecified atom stereocenters. The number of aliphatic hydroxyl groups excluding tert-OH is 12. The highest BCUT2D eigenvalue weighted by molar-refractivity contribution is 5.87. The highest BCUT2D eigenvalue weighted by Crippen LogP contribution is 2.76. The van der Waals surface area contributed by atoms with Crippen molar-refractivity contribution in [1.82, 2.24) is 0 Å². The molecule has 0 aromatic carbocycles. The summed E-state index contributed by atoms with van der Waals surface area (Å²) in [6.07, 6.45) is -32.4. The predicted molar refractivity (Wildman–Crippen MR) is 289 cm³/mol. The summed E-state index contributed by atoms with van der Waals surface area (Å²) in [7, 11) is 0. The molecule has 30 atom stereocenters. The normalized spacial score (nSPS) is 51.1. The number of hydrogen-bond donors (Lipinski definition) is 13. The minimum absolute atomic E-state index is 0.112. The van der Waals surface area contributed by atoms with E-state index in [1.165, 1.54) is 6.92 Å². The largest absolute Gasteiger partial charge is 0.479 e. The fourth-order valence-corrected chi connectivity index (χ4v) is 17.0.